The number of benzene rings is 2. The average molecular weight is 242 g/mol. The van der Waals surface area contributed by atoms with Crippen LogP contribution in [0.4, 0.5) is 0 Å². The molecule has 2 atom stereocenters. The summed E-state index contributed by atoms with van der Waals surface area (Å²) >= 11 is 0. The molecule has 3 heteroatoms. The largest absolute Gasteiger partial charge is 0.496 e. The summed E-state index contributed by atoms with van der Waals surface area (Å²) in [5.74, 6) is -0.0920. The minimum atomic E-state index is -0.713. The molecule has 0 amide bonds. The first kappa shape index (κ1) is 11.1. The van der Waals surface area contributed by atoms with Gasteiger partial charge in [0, 0.05) is 11.5 Å². The number of hydrogen-bond donors (Lipinski definition) is 1. The van der Waals surface area contributed by atoms with Crippen LogP contribution < -0.4 is 4.74 Å². The summed E-state index contributed by atoms with van der Waals surface area (Å²) in [5, 5.41) is 11.3. The molecule has 18 heavy (non-hydrogen) atoms. The van der Waals surface area contributed by atoms with Gasteiger partial charge in [-0.25, -0.2) is 0 Å². The van der Waals surface area contributed by atoms with Gasteiger partial charge in [0.25, 0.3) is 0 Å². The molecule has 1 saturated carbocycles. The molecule has 0 aliphatic heterocycles. The number of aliphatic carboxylic acids is 1. The molecule has 1 aliphatic rings. The van der Waals surface area contributed by atoms with E-state index in [0.717, 1.165) is 22.1 Å². The van der Waals surface area contributed by atoms with E-state index in [1.54, 1.807) is 7.11 Å². The maximum Gasteiger partial charge on any atom is 0.307 e. The van der Waals surface area contributed by atoms with Crippen molar-refractivity contribution in [2.45, 2.75) is 12.3 Å². The Balaban J connectivity index is 2.16. The number of ether oxygens (including phenoxy) is 1. The first-order valence-electron chi connectivity index (χ1n) is 6.01. The van der Waals surface area contributed by atoms with Crippen LogP contribution in [0.2, 0.25) is 0 Å². The van der Waals surface area contributed by atoms with E-state index < -0.39 is 5.97 Å². The molecule has 1 aliphatic carbocycles. The molecule has 0 spiro atoms. The van der Waals surface area contributed by atoms with Crippen LogP contribution in [-0.4, -0.2) is 18.2 Å². The Morgan fingerprint density at radius 2 is 2.06 bits per heavy atom. The van der Waals surface area contributed by atoms with Gasteiger partial charge in [0.05, 0.1) is 13.0 Å². The van der Waals surface area contributed by atoms with Gasteiger partial charge in [-0.3, -0.25) is 4.79 Å². The SMILES string of the molecule is COc1ccc2ccccc2c1[C@H]1C[C@H]1C(=O)O. The Kier molecular flexibility index (Phi) is 2.47. The van der Waals surface area contributed by atoms with Crippen molar-refractivity contribution in [3.8, 4) is 5.75 Å². The van der Waals surface area contributed by atoms with E-state index in [2.05, 4.69) is 0 Å². The lowest BCUT2D eigenvalue weighted by Crippen LogP contribution is -2.00. The highest BCUT2D eigenvalue weighted by molar-refractivity contribution is 5.90. The molecule has 0 bridgehead atoms. The summed E-state index contributed by atoms with van der Waals surface area (Å²) in [6.07, 6.45) is 0.708. The molecule has 92 valence electrons. The van der Waals surface area contributed by atoms with Gasteiger partial charge in [-0.2, -0.15) is 0 Å². The maximum atomic E-state index is 11.0. The van der Waals surface area contributed by atoms with E-state index in [-0.39, 0.29) is 11.8 Å². The van der Waals surface area contributed by atoms with Crippen LogP contribution in [0.3, 0.4) is 0 Å². The molecule has 1 fully saturated rings. The molecule has 0 radical (unpaired) electrons. The van der Waals surface area contributed by atoms with Crippen LogP contribution in [0, 0.1) is 5.92 Å². The van der Waals surface area contributed by atoms with Crippen molar-refractivity contribution in [1.82, 2.24) is 0 Å². The number of methoxy groups -OCH3 is 1. The van der Waals surface area contributed by atoms with Crippen LogP contribution in [-0.2, 0) is 4.79 Å². The third-order valence-electron chi connectivity index (χ3n) is 3.63. The second-order valence-corrected chi connectivity index (χ2v) is 4.69. The Morgan fingerprint density at radius 3 is 2.72 bits per heavy atom. The van der Waals surface area contributed by atoms with Gasteiger partial charge in [-0.15, -0.1) is 0 Å². The lowest BCUT2D eigenvalue weighted by Gasteiger charge is -2.11. The summed E-state index contributed by atoms with van der Waals surface area (Å²) in [4.78, 5) is 11.0. The Morgan fingerprint density at radius 1 is 1.28 bits per heavy atom. The second kappa shape index (κ2) is 4.02. The highest BCUT2D eigenvalue weighted by Crippen LogP contribution is 2.52. The summed E-state index contributed by atoms with van der Waals surface area (Å²) in [6.45, 7) is 0. The molecule has 2 aromatic rings. The third kappa shape index (κ3) is 1.63. The number of carbonyl (C=O) groups is 1. The van der Waals surface area contributed by atoms with Gasteiger partial charge in [0.15, 0.2) is 0 Å². The molecular weight excluding hydrogens is 228 g/mol. The minimum Gasteiger partial charge on any atom is -0.496 e. The fraction of sp³-hybridized carbons (Fsp3) is 0.267. The number of carboxylic acids is 1. The van der Waals surface area contributed by atoms with Crippen LogP contribution in [0.25, 0.3) is 10.8 Å². The Bertz CT molecular complexity index is 618. The monoisotopic (exact) mass is 242 g/mol. The molecule has 0 unspecified atom stereocenters. The molecule has 3 rings (SSSR count). The fourth-order valence-electron chi connectivity index (χ4n) is 2.62. The van der Waals surface area contributed by atoms with Gasteiger partial charge in [-0.1, -0.05) is 30.3 Å². The number of fused-ring (bicyclic) bond motifs is 1. The molecule has 0 heterocycles. The van der Waals surface area contributed by atoms with Gasteiger partial charge in [0.2, 0.25) is 0 Å². The number of carboxylic acid groups (broad SMARTS) is 1. The smallest absolute Gasteiger partial charge is 0.307 e. The van der Waals surface area contributed by atoms with E-state index >= 15 is 0 Å². The Hall–Kier alpha value is -2.03. The zero-order chi connectivity index (χ0) is 12.7. The van der Waals surface area contributed by atoms with Crippen molar-refractivity contribution in [2.75, 3.05) is 7.11 Å². The highest BCUT2D eigenvalue weighted by atomic mass is 16.5. The van der Waals surface area contributed by atoms with E-state index in [9.17, 15) is 4.79 Å². The quantitative estimate of drug-likeness (QED) is 0.899. The van der Waals surface area contributed by atoms with Crippen LogP contribution >= 0.6 is 0 Å². The molecular formula is C15H14O3. The fourth-order valence-corrected chi connectivity index (χ4v) is 2.62. The topological polar surface area (TPSA) is 46.5 Å². The van der Waals surface area contributed by atoms with E-state index in [0.29, 0.717) is 6.42 Å². The number of hydrogen-bond acceptors (Lipinski definition) is 2. The summed E-state index contributed by atoms with van der Waals surface area (Å²) < 4.78 is 5.39. The molecule has 2 aromatic carbocycles. The Labute approximate surface area is 105 Å². The standard InChI is InChI=1S/C15H14O3/c1-18-13-7-6-9-4-2-3-5-10(9)14(13)11-8-12(11)15(16)17/h2-7,11-12H,8H2,1H3,(H,16,17)/t11-,12+/m0/s1. The summed E-state index contributed by atoms with van der Waals surface area (Å²) in [5.41, 5.74) is 1.04. The van der Waals surface area contributed by atoms with Gasteiger partial charge in [0.1, 0.15) is 5.75 Å². The van der Waals surface area contributed by atoms with Crippen LogP contribution in [0.5, 0.6) is 5.75 Å². The van der Waals surface area contributed by atoms with Crippen LogP contribution in [0.1, 0.15) is 17.9 Å². The van der Waals surface area contributed by atoms with E-state index in [1.165, 1.54) is 0 Å². The maximum absolute atomic E-state index is 11.0. The molecule has 3 nitrogen and oxygen atoms in total. The number of rotatable bonds is 3. The third-order valence-corrected chi connectivity index (χ3v) is 3.63. The summed E-state index contributed by atoms with van der Waals surface area (Å²) in [7, 11) is 1.63. The van der Waals surface area contributed by atoms with E-state index in [1.807, 2.05) is 36.4 Å². The second-order valence-electron chi connectivity index (χ2n) is 4.69. The summed E-state index contributed by atoms with van der Waals surface area (Å²) in [6, 6.07) is 12.0. The molecule has 0 aromatic heterocycles. The van der Waals surface area contributed by atoms with Crippen molar-refractivity contribution in [1.29, 1.82) is 0 Å². The molecule has 0 saturated heterocycles. The lowest BCUT2D eigenvalue weighted by molar-refractivity contribution is -0.138. The zero-order valence-electron chi connectivity index (χ0n) is 10.1. The predicted octanol–water partition coefficient (Wildman–Crippen LogP) is 3.04. The minimum absolute atomic E-state index is 0.0866. The van der Waals surface area contributed by atoms with E-state index in [4.69, 9.17) is 9.84 Å². The van der Waals surface area contributed by atoms with Crippen LogP contribution in [0.15, 0.2) is 36.4 Å². The average Bonchev–Trinajstić information content (AvgIpc) is 3.17. The van der Waals surface area contributed by atoms with Gasteiger partial charge in [-0.05, 0) is 23.3 Å². The van der Waals surface area contributed by atoms with Gasteiger partial charge >= 0.3 is 5.97 Å². The normalized spacial score (nSPS) is 21.8. The van der Waals surface area contributed by atoms with Gasteiger partial charge < -0.3 is 9.84 Å². The first-order chi connectivity index (χ1) is 8.72. The molecule has 1 N–H and O–H groups in total. The van der Waals surface area contributed by atoms with Crippen molar-refractivity contribution >= 4 is 16.7 Å². The predicted molar refractivity (Wildman–Crippen MR) is 69.0 cm³/mol. The lowest BCUT2D eigenvalue weighted by atomic mass is 9.99. The highest BCUT2D eigenvalue weighted by Gasteiger charge is 2.46. The first-order valence-corrected chi connectivity index (χ1v) is 6.01. The van der Waals surface area contributed by atoms with Crippen molar-refractivity contribution in [3.05, 3.63) is 42.0 Å². The van der Waals surface area contributed by atoms with Crippen molar-refractivity contribution in [3.63, 3.8) is 0 Å². The van der Waals surface area contributed by atoms with Crippen molar-refractivity contribution in [2.24, 2.45) is 5.92 Å². The zero-order valence-corrected chi connectivity index (χ0v) is 10.1. The van der Waals surface area contributed by atoms with Crippen molar-refractivity contribution < 1.29 is 14.6 Å².